The first-order valence-corrected chi connectivity index (χ1v) is 8.03. The molecule has 1 unspecified atom stereocenters. The third kappa shape index (κ3) is 3.05. The molecular weight excluding hydrogens is 310 g/mol. The van der Waals surface area contributed by atoms with Crippen LogP contribution in [0.4, 0.5) is 0 Å². The first-order chi connectivity index (χ1) is 8.76. The molecule has 2 rings (SSSR count). The highest BCUT2D eigenvalue weighted by atomic mass is 79.9. The molecule has 2 heterocycles. The van der Waals surface area contributed by atoms with Crippen molar-refractivity contribution in [2.24, 2.45) is 0 Å². The zero-order valence-corrected chi connectivity index (χ0v) is 13.1. The Balaban J connectivity index is 2.27. The molecule has 0 aliphatic heterocycles. The van der Waals surface area contributed by atoms with Crippen LogP contribution in [0.25, 0.3) is 0 Å². The first-order valence-electron chi connectivity index (χ1n) is 6.29. The van der Waals surface area contributed by atoms with Crippen LogP contribution in [-0.2, 0) is 6.42 Å². The van der Waals surface area contributed by atoms with Gasteiger partial charge in [-0.3, -0.25) is 0 Å². The van der Waals surface area contributed by atoms with Crippen molar-refractivity contribution in [3.8, 4) is 0 Å². The fourth-order valence-electron chi connectivity index (χ4n) is 1.89. The number of thiophene rings is 1. The molecule has 1 atom stereocenters. The Morgan fingerprint density at radius 3 is 2.72 bits per heavy atom. The van der Waals surface area contributed by atoms with Gasteiger partial charge in [0.1, 0.15) is 11.5 Å². The van der Waals surface area contributed by atoms with E-state index in [1.807, 2.05) is 0 Å². The van der Waals surface area contributed by atoms with Crippen LogP contribution >= 0.6 is 27.3 Å². The van der Waals surface area contributed by atoms with Crippen molar-refractivity contribution in [1.82, 2.24) is 5.32 Å². The minimum atomic E-state index is 0.144. The van der Waals surface area contributed by atoms with Gasteiger partial charge in [-0.25, -0.2) is 0 Å². The summed E-state index contributed by atoms with van der Waals surface area (Å²) in [6, 6.07) is 4.29. The van der Waals surface area contributed by atoms with Gasteiger partial charge in [0.25, 0.3) is 0 Å². The second-order valence-electron chi connectivity index (χ2n) is 4.22. The zero-order valence-electron chi connectivity index (χ0n) is 10.7. The maximum Gasteiger partial charge on any atom is 0.125 e. The highest BCUT2D eigenvalue weighted by Crippen LogP contribution is 2.32. The molecule has 0 radical (unpaired) electrons. The summed E-state index contributed by atoms with van der Waals surface area (Å²) in [5, 5.41) is 7.83. The average Bonchev–Trinajstić information content (AvgIpc) is 3.00. The molecule has 0 saturated carbocycles. The summed E-state index contributed by atoms with van der Waals surface area (Å²) in [7, 11) is 0. The molecule has 0 fully saturated rings. The summed E-state index contributed by atoms with van der Waals surface area (Å²) in [5.41, 5.74) is 1.26. The molecule has 98 valence electrons. The van der Waals surface area contributed by atoms with Crippen LogP contribution in [0.15, 0.2) is 31.8 Å². The van der Waals surface area contributed by atoms with E-state index >= 15 is 0 Å². The fraction of sp³-hybridized carbons (Fsp3) is 0.429. The van der Waals surface area contributed by atoms with Crippen LogP contribution in [0.2, 0.25) is 0 Å². The van der Waals surface area contributed by atoms with Gasteiger partial charge in [0.15, 0.2) is 0 Å². The highest BCUT2D eigenvalue weighted by Gasteiger charge is 2.20. The van der Waals surface area contributed by atoms with Gasteiger partial charge in [-0.2, -0.15) is 11.3 Å². The molecule has 18 heavy (non-hydrogen) atoms. The van der Waals surface area contributed by atoms with E-state index in [2.05, 4.69) is 58.0 Å². The van der Waals surface area contributed by atoms with Crippen molar-refractivity contribution >= 4 is 27.3 Å². The molecule has 0 aliphatic rings. The predicted octanol–water partition coefficient (Wildman–Crippen LogP) is 4.76. The number of halogens is 1. The van der Waals surface area contributed by atoms with Crippen molar-refractivity contribution in [1.29, 1.82) is 0 Å². The lowest BCUT2D eigenvalue weighted by Crippen LogP contribution is -2.22. The third-order valence-corrected chi connectivity index (χ3v) is 4.62. The summed E-state index contributed by atoms with van der Waals surface area (Å²) in [6.07, 6.45) is 2.05. The number of rotatable bonds is 6. The van der Waals surface area contributed by atoms with E-state index < -0.39 is 0 Å². The standard InChI is InChI=1S/C14H18BrNOS/c1-3-7-16-14(11-8-18-9-12(11)15)13-6-5-10(4-2)17-13/h5-6,8-9,14,16H,3-4,7H2,1-2H3. The van der Waals surface area contributed by atoms with Gasteiger partial charge in [-0.05, 0) is 46.4 Å². The molecule has 0 bridgehead atoms. The SMILES string of the molecule is CCCNC(c1ccc(CC)o1)c1cscc1Br. The Kier molecular flexibility index (Phi) is 5.03. The quantitative estimate of drug-likeness (QED) is 0.827. The molecule has 0 amide bonds. The van der Waals surface area contributed by atoms with Gasteiger partial charge in [0.05, 0.1) is 6.04 Å². The topological polar surface area (TPSA) is 25.2 Å². The fourth-order valence-corrected chi connectivity index (χ4v) is 3.44. The lowest BCUT2D eigenvalue weighted by molar-refractivity contribution is 0.422. The van der Waals surface area contributed by atoms with Gasteiger partial charge in [0, 0.05) is 21.8 Å². The minimum Gasteiger partial charge on any atom is -0.464 e. The molecule has 1 N–H and O–H groups in total. The lowest BCUT2D eigenvalue weighted by Gasteiger charge is -2.16. The largest absolute Gasteiger partial charge is 0.464 e. The minimum absolute atomic E-state index is 0.144. The van der Waals surface area contributed by atoms with Crippen molar-refractivity contribution in [2.75, 3.05) is 6.54 Å². The second-order valence-corrected chi connectivity index (χ2v) is 5.82. The molecule has 2 aromatic heterocycles. The van der Waals surface area contributed by atoms with E-state index in [1.165, 1.54) is 5.56 Å². The summed E-state index contributed by atoms with van der Waals surface area (Å²) >= 11 is 5.32. The molecule has 2 aromatic rings. The van der Waals surface area contributed by atoms with Gasteiger partial charge in [-0.15, -0.1) is 0 Å². The van der Waals surface area contributed by atoms with Crippen molar-refractivity contribution in [3.63, 3.8) is 0 Å². The van der Waals surface area contributed by atoms with Gasteiger partial charge in [-0.1, -0.05) is 13.8 Å². The smallest absolute Gasteiger partial charge is 0.125 e. The molecule has 4 heteroatoms. The normalized spacial score (nSPS) is 12.8. The summed E-state index contributed by atoms with van der Waals surface area (Å²) in [6.45, 7) is 5.26. The monoisotopic (exact) mass is 327 g/mol. The molecule has 0 spiro atoms. The highest BCUT2D eigenvalue weighted by molar-refractivity contribution is 9.10. The lowest BCUT2D eigenvalue weighted by atomic mass is 10.1. The number of aryl methyl sites for hydroxylation is 1. The van der Waals surface area contributed by atoms with Crippen molar-refractivity contribution in [3.05, 3.63) is 44.4 Å². The molecule has 0 aliphatic carbocycles. The number of hydrogen-bond acceptors (Lipinski definition) is 3. The molecule has 2 nitrogen and oxygen atoms in total. The Morgan fingerprint density at radius 1 is 1.33 bits per heavy atom. The predicted molar refractivity (Wildman–Crippen MR) is 80.2 cm³/mol. The molecule has 0 aromatic carbocycles. The summed E-state index contributed by atoms with van der Waals surface area (Å²) < 4.78 is 7.04. The molecule has 0 saturated heterocycles. The number of nitrogens with one attached hydrogen (secondary N) is 1. The van der Waals surface area contributed by atoms with E-state index in [-0.39, 0.29) is 6.04 Å². The van der Waals surface area contributed by atoms with E-state index in [9.17, 15) is 0 Å². The Labute approximate surface area is 121 Å². The van der Waals surface area contributed by atoms with Crippen LogP contribution in [0, 0.1) is 0 Å². The third-order valence-electron chi connectivity index (χ3n) is 2.87. The summed E-state index contributed by atoms with van der Waals surface area (Å²) in [5.74, 6) is 2.04. The second kappa shape index (κ2) is 6.55. The number of furan rings is 1. The van der Waals surface area contributed by atoms with Crippen LogP contribution in [-0.4, -0.2) is 6.54 Å². The average molecular weight is 328 g/mol. The Morgan fingerprint density at radius 2 is 2.17 bits per heavy atom. The summed E-state index contributed by atoms with van der Waals surface area (Å²) in [4.78, 5) is 0. The van der Waals surface area contributed by atoms with E-state index in [1.54, 1.807) is 11.3 Å². The van der Waals surface area contributed by atoms with Crippen LogP contribution in [0.3, 0.4) is 0 Å². The maximum atomic E-state index is 5.89. The van der Waals surface area contributed by atoms with Crippen LogP contribution in [0.1, 0.15) is 43.4 Å². The number of hydrogen-bond donors (Lipinski definition) is 1. The Bertz CT molecular complexity index is 491. The maximum absolute atomic E-state index is 5.89. The van der Waals surface area contributed by atoms with Gasteiger partial charge in [0.2, 0.25) is 0 Å². The van der Waals surface area contributed by atoms with Crippen molar-refractivity contribution < 1.29 is 4.42 Å². The van der Waals surface area contributed by atoms with Crippen LogP contribution in [0.5, 0.6) is 0 Å². The van der Waals surface area contributed by atoms with E-state index in [0.717, 1.165) is 35.4 Å². The molecular formula is C14H18BrNOS. The van der Waals surface area contributed by atoms with Crippen LogP contribution < -0.4 is 5.32 Å². The van der Waals surface area contributed by atoms with Gasteiger partial charge < -0.3 is 9.73 Å². The zero-order chi connectivity index (χ0) is 13.0. The van der Waals surface area contributed by atoms with E-state index in [0.29, 0.717) is 0 Å². The van der Waals surface area contributed by atoms with Crippen molar-refractivity contribution in [2.45, 2.75) is 32.7 Å². The van der Waals surface area contributed by atoms with Gasteiger partial charge >= 0.3 is 0 Å². The first kappa shape index (κ1) is 13.8. The Hall–Kier alpha value is -0.580. The van der Waals surface area contributed by atoms with E-state index in [4.69, 9.17) is 4.42 Å².